The zero-order valence-electron chi connectivity index (χ0n) is 15.6. The number of aliphatic hydroxyl groups is 1. The molecule has 2 rings (SSSR count). The number of methoxy groups -OCH3 is 3. The molecule has 28 heavy (non-hydrogen) atoms. The van der Waals surface area contributed by atoms with Crippen LogP contribution in [0.15, 0.2) is 29.5 Å². The number of benzene rings is 1. The molecule has 0 unspecified atom stereocenters. The van der Waals surface area contributed by atoms with Gasteiger partial charge in [-0.3, -0.25) is 4.79 Å². The normalized spacial score (nSPS) is 13.4. The highest BCUT2D eigenvalue weighted by atomic mass is 16.5. The number of carbonyl (C=O) groups excluding carboxylic acids is 4. The van der Waals surface area contributed by atoms with Crippen LogP contribution in [0.3, 0.4) is 0 Å². The monoisotopic (exact) mass is 392 g/mol. The molecule has 1 amide bonds. The van der Waals surface area contributed by atoms with E-state index in [1.54, 1.807) is 0 Å². The number of carbonyl (C=O) groups is 4. The predicted octanol–water partition coefficient (Wildman–Crippen LogP) is -0.0667. The molecule has 0 aromatic heterocycles. The van der Waals surface area contributed by atoms with E-state index in [-0.39, 0.29) is 47.8 Å². The maximum Gasteiger partial charge on any atom is 0.340 e. The van der Waals surface area contributed by atoms with Crippen molar-refractivity contribution in [1.82, 2.24) is 4.90 Å². The van der Waals surface area contributed by atoms with Crippen LogP contribution in [0.1, 0.15) is 20.7 Å². The minimum Gasteiger partial charge on any atom is -0.466 e. The van der Waals surface area contributed by atoms with Crippen LogP contribution < -0.4 is 5.32 Å². The first-order chi connectivity index (χ1) is 13.4. The Labute approximate surface area is 160 Å². The summed E-state index contributed by atoms with van der Waals surface area (Å²) < 4.78 is 14.1. The van der Waals surface area contributed by atoms with Crippen molar-refractivity contribution in [2.45, 2.75) is 0 Å². The van der Waals surface area contributed by atoms with Crippen molar-refractivity contribution in [2.24, 2.45) is 0 Å². The first kappa shape index (κ1) is 20.9. The Morgan fingerprint density at radius 2 is 1.71 bits per heavy atom. The third-order valence-electron chi connectivity index (χ3n) is 4.07. The lowest BCUT2D eigenvalue weighted by Gasteiger charge is -2.16. The number of ether oxygens (including phenoxy) is 3. The summed E-state index contributed by atoms with van der Waals surface area (Å²) in [4.78, 5) is 50.2. The van der Waals surface area contributed by atoms with Crippen molar-refractivity contribution >= 4 is 29.5 Å². The van der Waals surface area contributed by atoms with Crippen LogP contribution in [0.5, 0.6) is 0 Å². The van der Waals surface area contributed by atoms with Gasteiger partial charge in [0.2, 0.25) is 0 Å². The second-order valence-corrected chi connectivity index (χ2v) is 5.63. The van der Waals surface area contributed by atoms with E-state index in [1.807, 2.05) is 0 Å². The molecule has 10 heteroatoms. The van der Waals surface area contributed by atoms with Gasteiger partial charge < -0.3 is 29.5 Å². The average Bonchev–Trinajstić information content (AvgIpc) is 3.02. The predicted molar refractivity (Wildman–Crippen MR) is 95.5 cm³/mol. The van der Waals surface area contributed by atoms with Crippen molar-refractivity contribution in [3.63, 3.8) is 0 Å². The molecule has 0 bridgehead atoms. The molecule has 2 N–H and O–H groups in total. The molecule has 1 aliphatic rings. The second kappa shape index (κ2) is 9.00. The average molecular weight is 392 g/mol. The fraction of sp³-hybridized carbons (Fsp3) is 0.333. The van der Waals surface area contributed by atoms with Gasteiger partial charge in [-0.05, 0) is 12.1 Å². The number of hydrogen-bond donors (Lipinski definition) is 2. The van der Waals surface area contributed by atoms with Crippen LogP contribution >= 0.6 is 0 Å². The molecule has 150 valence electrons. The second-order valence-electron chi connectivity index (χ2n) is 5.63. The summed E-state index contributed by atoms with van der Waals surface area (Å²) in [6.45, 7) is -0.353. The van der Waals surface area contributed by atoms with E-state index >= 15 is 0 Å². The summed E-state index contributed by atoms with van der Waals surface area (Å²) in [6.07, 6.45) is 0. The van der Waals surface area contributed by atoms with Gasteiger partial charge in [-0.25, -0.2) is 14.4 Å². The molecule has 1 aromatic rings. The summed E-state index contributed by atoms with van der Waals surface area (Å²) in [7, 11) is 3.47. The molecule has 0 atom stereocenters. The lowest BCUT2D eigenvalue weighted by atomic mass is 10.0. The van der Waals surface area contributed by atoms with Gasteiger partial charge >= 0.3 is 17.9 Å². The first-order valence-corrected chi connectivity index (χ1v) is 8.17. The molecular weight excluding hydrogens is 372 g/mol. The number of amides is 1. The lowest BCUT2D eigenvalue weighted by molar-refractivity contribution is -0.136. The molecule has 1 aliphatic heterocycles. The molecule has 0 aliphatic carbocycles. The largest absolute Gasteiger partial charge is 0.466 e. The van der Waals surface area contributed by atoms with Crippen molar-refractivity contribution in [2.75, 3.05) is 46.3 Å². The van der Waals surface area contributed by atoms with Crippen molar-refractivity contribution < 1.29 is 38.5 Å². The number of nitrogens with one attached hydrogen (secondary N) is 1. The van der Waals surface area contributed by atoms with Crippen LogP contribution in [0.25, 0.3) is 0 Å². The topological polar surface area (TPSA) is 131 Å². The summed E-state index contributed by atoms with van der Waals surface area (Å²) >= 11 is 0. The Bertz CT molecular complexity index is 846. The van der Waals surface area contributed by atoms with Crippen LogP contribution in [0, 0.1) is 0 Å². The van der Waals surface area contributed by atoms with Gasteiger partial charge in [-0.15, -0.1) is 0 Å². The number of anilines is 1. The molecule has 0 saturated heterocycles. The zero-order valence-corrected chi connectivity index (χ0v) is 15.6. The summed E-state index contributed by atoms with van der Waals surface area (Å²) in [5, 5.41) is 11.9. The molecule has 0 spiro atoms. The van der Waals surface area contributed by atoms with Crippen LogP contribution in [-0.4, -0.2) is 74.8 Å². The summed E-state index contributed by atoms with van der Waals surface area (Å²) in [6, 6.07) is 4.29. The number of esters is 3. The van der Waals surface area contributed by atoms with Crippen LogP contribution in [0.4, 0.5) is 5.69 Å². The zero-order chi connectivity index (χ0) is 20.8. The Morgan fingerprint density at radius 3 is 2.29 bits per heavy atom. The fourth-order valence-electron chi connectivity index (χ4n) is 2.74. The third-order valence-corrected chi connectivity index (χ3v) is 4.07. The first-order valence-electron chi connectivity index (χ1n) is 8.17. The van der Waals surface area contributed by atoms with E-state index in [9.17, 15) is 19.2 Å². The van der Waals surface area contributed by atoms with Crippen molar-refractivity contribution in [3.8, 4) is 0 Å². The Kier molecular flexibility index (Phi) is 6.72. The van der Waals surface area contributed by atoms with Crippen LogP contribution in [0.2, 0.25) is 0 Å². The molecule has 10 nitrogen and oxygen atoms in total. The van der Waals surface area contributed by atoms with E-state index in [2.05, 4.69) is 10.1 Å². The quantitative estimate of drug-likeness (QED) is 0.483. The van der Waals surface area contributed by atoms with Gasteiger partial charge in [-0.1, -0.05) is 6.07 Å². The highest BCUT2D eigenvalue weighted by Crippen LogP contribution is 2.27. The minimum atomic E-state index is -0.832. The van der Waals surface area contributed by atoms with E-state index in [1.165, 1.54) is 30.2 Å². The number of β-amino-alcohol motifs (C(OH)–C–C–N with tert-alkyl or cyclic N) is 1. The van der Waals surface area contributed by atoms with Gasteiger partial charge in [0.1, 0.15) is 5.70 Å². The number of rotatable bonds is 7. The van der Waals surface area contributed by atoms with Gasteiger partial charge in [-0.2, -0.15) is 0 Å². The fourth-order valence-corrected chi connectivity index (χ4v) is 2.74. The Hall–Kier alpha value is -3.40. The van der Waals surface area contributed by atoms with Gasteiger partial charge in [0.15, 0.2) is 0 Å². The standard InChI is InChI=1S/C18H20N2O8/c1-26-16(23)10-5-4-6-12(13(10)18(25)28-3)19-14-11(17(24)27-2)9-20(7-8-21)15(14)22/h4-6,19,21H,7-9H2,1-3H3. The highest BCUT2D eigenvalue weighted by Gasteiger charge is 2.35. The van der Waals surface area contributed by atoms with Gasteiger partial charge in [0.05, 0.1) is 56.9 Å². The van der Waals surface area contributed by atoms with E-state index in [4.69, 9.17) is 14.6 Å². The van der Waals surface area contributed by atoms with Crippen molar-refractivity contribution in [3.05, 3.63) is 40.6 Å². The molecule has 1 aromatic carbocycles. The van der Waals surface area contributed by atoms with Crippen LogP contribution in [-0.2, 0) is 23.8 Å². The van der Waals surface area contributed by atoms with E-state index in [0.717, 1.165) is 14.2 Å². The van der Waals surface area contributed by atoms with E-state index in [0.29, 0.717) is 0 Å². The summed E-state index contributed by atoms with van der Waals surface area (Å²) in [5.41, 5.74) is -0.239. The number of aliphatic hydroxyl groups excluding tert-OH is 1. The van der Waals surface area contributed by atoms with Crippen molar-refractivity contribution in [1.29, 1.82) is 0 Å². The summed E-state index contributed by atoms with van der Waals surface area (Å²) in [5.74, 6) is -2.90. The number of hydrogen-bond acceptors (Lipinski definition) is 9. The Morgan fingerprint density at radius 1 is 1.07 bits per heavy atom. The Balaban J connectivity index is 2.55. The lowest BCUT2D eigenvalue weighted by Crippen LogP contribution is -2.31. The minimum absolute atomic E-state index is 0.0105. The molecule has 0 radical (unpaired) electrons. The molecular formula is C18H20N2O8. The maximum atomic E-state index is 12.6. The van der Waals surface area contributed by atoms with E-state index < -0.39 is 23.8 Å². The smallest absolute Gasteiger partial charge is 0.340 e. The molecule has 0 fully saturated rings. The molecule has 1 heterocycles. The number of nitrogens with zero attached hydrogens (tertiary/aromatic N) is 1. The SMILES string of the molecule is COC(=O)C1=C(Nc2cccc(C(=O)OC)c2C(=O)OC)C(=O)N(CCO)C1. The maximum absolute atomic E-state index is 12.6. The van der Waals surface area contributed by atoms with Gasteiger partial charge in [0, 0.05) is 6.54 Å². The molecule has 0 saturated carbocycles. The highest BCUT2D eigenvalue weighted by molar-refractivity contribution is 6.11. The van der Waals surface area contributed by atoms with Gasteiger partial charge in [0.25, 0.3) is 5.91 Å². The third kappa shape index (κ3) is 3.96.